The molecule has 1 amide bonds. The van der Waals surface area contributed by atoms with Crippen LogP contribution in [0.3, 0.4) is 0 Å². The summed E-state index contributed by atoms with van der Waals surface area (Å²) in [6, 6.07) is 19.9. The average molecular weight is 583 g/mol. The van der Waals surface area contributed by atoms with Gasteiger partial charge in [0, 0.05) is 30.6 Å². The second kappa shape index (κ2) is 12.3. The van der Waals surface area contributed by atoms with E-state index < -0.39 is 4.92 Å². The van der Waals surface area contributed by atoms with E-state index in [4.69, 9.17) is 19.3 Å². The quantitative estimate of drug-likeness (QED) is 0.253. The third-order valence-corrected chi connectivity index (χ3v) is 8.39. The van der Waals surface area contributed by atoms with Crippen LogP contribution in [0.25, 0.3) is 6.08 Å². The first-order valence-electron chi connectivity index (χ1n) is 14.5. The van der Waals surface area contributed by atoms with Crippen molar-refractivity contribution in [3.63, 3.8) is 0 Å². The molecule has 0 N–H and O–H groups in total. The van der Waals surface area contributed by atoms with Gasteiger partial charge in [-0.25, -0.2) is 5.01 Å². The van der Waals surface area contributed by atoms with Crippen molar-refractivity contribution in [1.29, 1.82) is 0 Å². The molecule has 10 heteroatoms. The Hall–Kier alpha value is -4.70. The van der Waals surface area contributed by atoms with Gasteiger partial charge in [0.05, 0.1) is 44.1 Å². The molecule has 0 unspecified atom stereocenters. The number of nitrogens with zero attached hydrogens (tertiary/aromatic N) is 4. The van der Waals surface area contributed by atoms with Crippen LogP contribution in [0.4, 0.5) is 11.4 Å². The fourth-order valence-electron chi connectivity index (χ4n) is 6.21. The topological polar surface area (TPSA) is 107 Å². The van der Waals surface area contributed by atoms with E-state index in [0.717, 1.165) is 53.2 Å². The van der Waals surface area contributed by atoms with Crippen LogP contribution < -0.4 is 14.4 Å². The van der Waals surface area contributed by atoms with E-state index >= 15 is 0 Å². The molecular weight excluding hydrogens is 548 g/mol. The van der Waals surface area contributed by atoms with Crippen LogP contribution in [-0.4, -0.2) is 62.1 Å². The number of amides is 1. The normalized spacial score (nSPS) is 20.9. The molecule has 3 aliphatic rings. The summed E-state index contributed by atoms with van der Waals surface area (Å²) in [5, 5.41) is 18.6. The molecular formula is C33H34N4O6. The van der Waals surface area contributed by atoms with Crippen LogP contribution in [0.2, 0.25) is 0 Å². The van der Waals surface area contributed by atoms with E-state index in [2.05, 4.69) is 6.08 Å². The fourth-order valence-corrected chi connectivity index (χ4v) is 6.21. The molecule has 0 aromatic heterocycles. The lowest BCUT2D eigenvalue weighted by molar-refractivity contribution is -0.384. The van der Waals surface area contributed by atoms with Gasteiger partial charge in [-0.3, -0.25) is 14.9 Å². The van der Waals surface area contributed by atoms with Gasteiger partial charge < -0.3 is 19.1 Å². The van der Waals surface area contributed by atoms with Gasteiger partial charge in [0.2, 0.25) is 0 Å². The Bertz CT molecular complexity index is 1560. The summed E-state index contributed by atoms with van der Waals surface area (Å²) in [4.78, 5) is 27.8. The highest BCUT2D eigenvalue weighted by Crippen LogP contribution is 2.45. The van der Waals surface area contributed by atoms with Crippen molar-refractivity contribution in [2.24, 2.45) is 11.0 Å². The molecule has 2 fully saturated rings. The minimum Gasteiger partial charge on any atom is -0.497 e. The van der Waals surface area contributed by atoms with Crippen molar-refractivity contribution >= 4 is 29.1 Å². The molecule has 2 aliphatic heterocycles. The molecule has 3 aromatic rings. The number of nitro benzene ring substituents is 1. The average Bonchev–Trinajstić information content (AvgIpc) is 3.45. The molecule has 43 heavy (non-hydrogen) atoms. The predicted molar refractivity (Wildman–Crippen MR) is 164 cm³/mol. The zero-order valence-electron chi connectivity index (χ0n) is 24.3. The highest BCUT2D eigenvalue weighted by molar-refractivity contribution is 6.09. The third kappa shape index (κ3) is 5.70. The van der Waals surface area contributed by atoms with Crippen molar-refractivity contribution in [2.75, 3.05) is 45.4 Å². The fraction of sp³-hybridized carbons (Fsp3) is 0.333. The molecule has 2 atom stereocenters. The number of methoxy groups -OCH3 is 2. The van der Waals surface area contributed by atoms with E-state index in [0.29, 0.717) is 32.0 Å². The first-order chi connectivity index (χ1) is 21.0. The molecule has 1 saturated heterocycles. The van der Waals surface area contributed by atoms with Crippen LogP contribution in [0.1, 0.15) is 46.8 Å². The Morgan fingerprint density at radius 2 is 1.67 bits per heavy atom. The van der Waals surface area contributed by atoms with Crippen molar-refractivity contribution in [3.8, 4) is 11.5 Å². The van der Waals surface area contributed by atoms with E-state index in [1.807, 2.05) is 53.4 Å². The monoisotopic (exact) mass is 582 g/mol. The van der Waals surface area contributed by atoms with Gasteiger partial charge in [-0.2, -0.15) is 5.10 Å². The van der Waals surface area contributed by atoms with Gasteiger partial charge in [-0.05, 0) is 78.4 Å². The van der Waals surface area contributed by atoms with E-state index in [9.17, 15) is 14.9 Å². The van der Waals surface area contributed by atoms with Crippen molar-refractivity contribution in [1.82, 2.24) is 5.01 Å². The molecule has 6 rings (SSSR count). The number of anilines is 1. The molecule has 2 heterocycles. The van der Waals surface area contributed by atoms with Crippen LogP contribution in [-0.2, 0) is 4.74 Å². The largest absolute Gasteiger partial charge is 0.497 e. The first-order valence-corrected chi connectivity index (χ1v) is 14.5. The summed E-state index contributed by atoms with van der Waals surface area (Å²) >= 11 is 0. The van der Waals surface area contributed by atoms with E-state index in [1.54, 1.807) is 26.4 Å². The summed E-state index contributed by atoms with van der Waals surface area (Å²) < 4.78 is 16.1. The molecule has 0 spiro atoms. The van der Waals surface area contributed by atoms with Gasteiger partial charge in [0.1, 0.15) is 17.2 Å². The SMILES string of the molecule is COc1ccc(/C=C2\CCC[C@@H]3C2=NN(C(=O)c2ccc(N4CCOCC4)c([N+](=O)[O-])c2)[C@H]3c2ccc(OC)cc2)cc1. The Kier molecular flexibility index (Phi) is 8.11. The summed E-state index contributed by atoms with van der Waals surface area (Å²) in [6.07, 6.45) is 4.80. The standard InChI is InChI=1S/C33H34N4O6/c1-41-26-11-6-22(7-12-26)20-24-4-3-5-28-31(24)34-36(32(28)23-8-13-27(42-2)14-9-23)33(38)25-10-15-29(30(21-25)37(39)40)35-16-18-43-19-17-35/h6-15,20-21,28,32H,3-5,16-19H2,1-2H3/b24-20+/t28-,32+/m1/s1. The lowest BCUT2D eigenvalue weighted by Gasteiger charge is -2.30. The highest BCUT2D eigenvalue weighted by atomic mass is 16.6. The van der Waals surface area contributed by atoms with Crippen molar-refractivity contribution < 1.29 is 23.9 Å². The smallest absolute Gasteiger partial charge is 0.293 e. The van der Waals surface area contributed by atoms with Gasteiger partial charge >= 0.3 is 0 Å². The lowest BCUT2D eigenvalue weighted by Crippen LogP contribution is -2.36. The maximum absolute atomic E-state index is 14.2. The van der Waals surface area contributed by atoms with Gasteiger partial charge in [-0.1, -0.05) is 24.3 Å². The number of rotatable bonds is 7. The number of benzene rings is 3. The summed E-state index contributed by atoms with van der Waals surface area (Å²) in [6.45, 7) is 2.11. The number of carbonyl (C=O) groups is 1. The maximum Gasteiger partial charge on any atom is 0.293 e. The van der Waals surface area contributed by atoms with Crippen LogP contribution in [0.15, 0.2) is 77.4 Å². The highest BCUT2D eigenvalue weighted by Gasteiger charge is 2.44. The summed E-state index contributed by atoms with van der Waals surface area (Å²) in [7, 11) is 3.26. The number of nitro groups is 1. The number of hydrogen-bond acceptors (Lipinski definition) is 8. The maximum atomic E-state index is 14.2. The number of fused-ring (bicyclic) bond motifs is 1. The van der Waals surface area contributed by atoms with Crippen molar-refractivity contribution in [2.45, 2.75) is 25.3 Å². The summed E-state index contributed by atoms with van der Waals surface area (Å²) in [5.41, 5.74) is 4.55. The molecule has 1 aliphatic carbocycles. The number of hydrazone groups is 1. The number of morpholine rings is 1. The number of carbonyl (C=O) groups excluding carboxylic acids is 1. The molecule has 3 aromatic carbocycles. The first kappa shape index (κ1) is 28.4. The van der Waals surface area contributed by atoms with Gasteiger partial charge in [0.25, 0.3) is 11.6 Å². The minimum atomic E-state index is -0.423. The molecule has 222 valence electrons. The summed E-state index contributed by atoms with van der Waals surface area (Å²) in [5.74, 6) is 1.12. The Morgan fingerprint density at radius 3 is 2.33 bits per heavy atom. The molecule has 1 saturated carbocycles. The third-order valence-electron chi connectivity index (χ3n) is 8.39. The molecule has 10 nitrogen and oxygen atoms in total. The minimum absolute atomic E-state index is 0.0156. The zero-order chi connectivity index (χ0) is 29.9. The number of allylic oxidation sites excluding steroid dienone is 1. The van der Waals surface area contributed by atoms with Crippen LogP contribution in [0, 0.1) is 16.0 Å². The second-order valence-corrected chi connectivity index (χ2v) is 10.9. The van der Waals surface area contributed by atoms with Crippen LogP contribution in [0.5, 0.6) is 11.5 Å². The van der Waals surface area contributed by atoms with Crippen molar-refractivity contribution in [3.05, 3.63) is 99.1 Å². The number of hydrogen-bond donors (Lipinski definition) is 0. The number of ether oxygens (including phenoxy) is 3. The van der Waals surface area contributed by atoms with Crippen LogP contribution >= 0.6 is 0 Å². The Balaban J connectivity index is 1.39. The zero-order valence-corrected chi connectivity index (χ0v) is 24.3. The lowest BCUT2D eigenvalue weighted by atomic mass is 9.77. The Morgan fingerprint density at radius 1 is 1.00 bits per heavy atom. The predicted octanol–water partition coefficient (Wildman–Crippen LogP) is 5.89. The molecule has 0 radical (unpaired) electrons. The Labute approximate surface area is 250 Å². The van der Waals surface area contributed by atoms with E-state index in [-0.39, 0.29) is 29.1 Å². The second-order valence-electron chi connectivity index (χ2n) is 10.9. The van der Waals surface area contributed by atoms with E-state index in [1.165, 1.54) is 11.1 Å². The van der Waals surface area contributed by atoms with Gasteiger partial charge in [0.15, 0.2) is 0 Å². The van der Waals surface area contributed by atoms with Gasteiger partial charge in [-0.15, -0.1) is 0 Å². The molecule has 0 bridgehead atoms.